The van der Waals surface area contributed by atoms with Gasteiger partial charge in [-0.15, -0.1) is 0 Å². The maximum Gasteiger partial charge on any atom is 0.119 e. The Morgan fingerprint density at radius 3 is 2.21 bits per heavy atom. The lowest BCUT2D eigenvalue weighted by Crippen LogP contribution is -2.00. The molecule has 3 aromatic rings. The van der Waals surface area contributed by atoms with Crippen molar-refractivity contribution < 1.29 is 4.74 Å². The topological polar surface area (TPSA) is 21.3 Å². The van der Waals surface area contributed by atoms with E-state index in [1.54, 1.807) is 0 Å². The highest BCUT2D eigenvalue weighted by atomic mass is 35.5. The molecule has 2 nitrogen and oxygen atoms in total. The van der Waals surface area contributed by atoms with Gasteiger partial charge in [0.1, 0.15) is 12.4 Å². The summed E-state index contributed by atoms with van der Waals surface area (Å²) in [7, 11) is 0. The highest BCUT2D eigenvalue weighted by molar-refractivity contribution is 6.33. The van der Waals surface area contributed by atoms with Crippen molar-refractivity contribution in [1.29, 1.82) is 0 Å². The van der Waals surface area contributed by atoms with Crippen molar-refractivity contribution >= 4 is 17.3 Å². The van der Waals surface area contributed by atoms with Crippen molar-refractivity contribution in [2.75, 3.05) is 5.32 Å². The maximum atomic E-state index is 6.14. The van der Waals surface area contributed by atoms with Gasteiger partial charge in [0.15, 0.2) is 0 Å². The van der Waals surface area contributed by atoms with Crippen LogP contribution >= 0.6 is 11.6 Å². The van der Waals surface area contributed by atoms with Gasteiger partial charge in [-0.05, 0) is 42.3 Å². The Morgan fingerprint density at radius 1 is 0.833 bits per heavy atom. The molecule has 0 aliphatic rings. The Kier molecular flexibility index (Phi) is 5.39. The number of halogens is 1. The zero-order valence-corrected chi connectivity index (χ0v) is 14.4. The number of rotatable bonds is 6. The number of benzene rings is 3. The minimum absolute atomic E-state index is 0.581. The largest absolute Gasteiger partial charge is 0.489 e. The molecule has 0 bridgehead atoms. The number of hydrogen-bond acceptors (Lipinski definition) is 2. The Balaban J connectivity index is 1.53. The quantitative estimate of drug-likeness (QED) is 0.610. The van der Waals surface area contributed by atoms with E-state index in [9.17, 15) is 0 Å². The lowest BCUT2D eigenvalue weighted by atomic mass is 10.2. The number of para-hydroxylation sites is 1. The van der Waals surface area contributed by atoms with Gasteiger partial charge in [0.25, 0.3) is 0 Å². The number of anilines is 1. The van der Waals surface area contributed by atoms with Crippen LogP contribution in [0, 0.1) is 6.92 Å². The van der Waals surface area contributed by atoms with Crippen molar-refractivity contribution in [2.45, 2.75) is 20.1 Å². The fourth-order valence-corrected chi connectivity index (χ4v) is 2.56. The molecule has 0 radical (unpaired) electrons. The minimum atomic E-state index is 0.581. The summed E-state index contributed by atoms with van der Waals surface area (Å²) < 4.78 is 5.83. The molecule has 3 aromatic carbocycles. The summed E-state index contributed by atoms with van der Waals surface area (Å²) in [5.41, 5.74) is 4.55. The van der Waals surface area contributed by atoms with E-state index in [0.717, 1.165) is 23.0 Å². The van der Waals surface area contributed by atoms with E-state index in [1.165, 1.54) is 16.7 Å². The first-order chi connectivity index (χ1) is 11.7. The average Bonchev–Trinajstić information content (AvgIpc) is 2.61. The maximum absolute atomic E-state index is 6.14. The van der Waals surface area contributed by atoms with Crippen molar-refractivity contribution in [3.63, 3.8) is 0 Å². The van der Waals surface area contributed by atoms with Crippen molar-refractivity contribution in [3.8, 4) is 5.75 Å². The third-order valence-electron chi connectivity index (χ3n) is 3.81. The monoisotopic (exact) mass is 337 g/mol. The molecule has 0 spiro atoms. The van der Waals surface area contributed by atoms with Gasteiger partial charge >= 0.3 is 0 Å². The molecular formula is C21H20ClNO. The van der Waals surface area contributed by atoms with Gasteiger partial charge < -0.3 is 10.1 Å². The zero-order chi connectivity index (χ0) is 16.8. The van der Waals surface area contributed by atoms with Crippen LogP contribution in [0.25, 0.3) is 0 Å². The predicted molar refractivity (Wildman–Crippen MR) is 101 cm³/mol. The molecule has 0 amide bonds. The fourth-order valence-electron chi connectivity index (χ4n) is 2.36. The average molecular weight is 338 g/mol. The van der Waals surface area contributed by atoms with Crippen LogP contribution in [0.1, 0.15) is 16.7 Å². The predicted octanol–water partition coefficient (Wildman–Crippen LogP) is 5.84. The molecule has 24 heavy (non-hydrogen) atoms. The molecule has 0 aromatic heterocycles. The standard InChI is InChI=1S/C21H20ClNO/c1-16-6-8-18(9-7-16)15-24-19-12-10-17(11-13-19)14-23-21-5-3-2-4-20(21)22/h2-13,23H,14-15H2,1H3. The van der Waals surface area contributed by atoms with Crippen LogP contribution in [0.2, 0.25) is 5.02 Å². The van der Waals surface area contributed by atoms with Crippen molar-refractivity contribution in [1.82, 2.24) is 0 Å². The van der Waals surface area contributed by atoms with Crippen molar-refractivity contribution in [3.05, 3.63) is 94.5 Å². The van der Waals surface area contributed by atoms with E-state index in [4.69, 9.17) is 16.3 Å². The molecule has 0 atom stereocenters. The Labute approximate surface area is 148 Å². The third kappa shape index (κ3) is 4.53. The second-order valence-electron chi connectivity index (χ2n) is 5.75. The van der Waals surface area contributed by atoms with Crippen LogP contribution in [0.3, 0.4) is 0 Å². The lowest BCUT2D eigenvalue weighted by Gasteiger charge is -2.10. The summed E-state index contributed by atoms with van der Waals surface area (Å²) in [4.78, 5) is 0. The molecule has 122 valence electrons. The van der Waals surface area contributed by atoms with E-state index in [2.05, 4.69) is 48.6 Å². The summed E-state index contributed by atoms with van der Waals surface area (Å²) in [5.74, 6) is 0.872. The highest BCUT2D eigenvalue weighted by Gasteiger charge is 2.00. The van der Waals surface area contributed by atoms with Gasteiger partial charge in [-0.25, -0.2) is 0 Å². The summed E-state index contributed by atoms with van der Waals surface area (Å²) in [5, 5.41) is 4.07. The van der Waals surface area contributed by atoms with Crippen LogP contribution < -0.4 is 10.1 Å². The summed E-state index contributed by atoms with van der Waals surface area (Å²) in [6.45, 7) is 3.39. The molecule has 3 heteroatoms. The Hall–Kier alpha value is -2.45. The third-order valence-corrected chi connectivity index (χ3v) is 4.14. The Morgan fingerprint density at radius 2 is 1.50 bits per heavy atom. The molecule has 1 N–H and O–H groups in total. The molecule has 0 saturated heterocycles. The summed E-state index contributed by atoms with van der Waals surface area (Å²) in [6, 6.07) is 24.3. The normalized spacial score (nSPS) is 10.4. The second kappa shape index (κ2) is 7.89. The first-order valence-electron chi connectivity index (χ1n) is 7.96. The summed E-state index contributed by atoms with van der Waals surface area (Å²) in [6.07, 6.45) is 0. The molecule has 0 aliphatic heterocycles. The SMILES string of the molecule is Cc1ccc(COc2ccc(CNc3ccccc3Cl)cc2)cc1. The van der Waals surface area contributed by atoms with Gasteiger partial charge in [0, 0.05) is 6.54 Å². The van der Waals surface area contributed by atoms with Gasteiger partial charge in [-0.1, -0.05) is 65.7 Å². The van der Waals surface area contributed by atoms with Crippen LogP contribution in [0.15, 0.2) is 72.8 Å². The molecule has 0 unspecified atom stereocenters. The number of ether oxygens (including phenoxy) is 1. The van der Waals surface area contributed by atoms with Gasteiger partial charge in [-0.3, -0.25) is 0 Å². The van der Waals surface area contributed by atoms with Crippen LogP contribution in [-0.2, 0) is 13.2 Å². The van der Waals surface area contributed by atoms with E-state index >= 15 is 0 Å². The van der Waals surface area contributed by atoms with E-state index in [0.29, 0.717) is 6.61 Å². The lowest BCUT2D eigenvalue weighted by molar-refractivity contribution is 0.306. The number of nitrogens with one attached hydrogen (secondary N) is 1. The van der Waals surface area contributed by atoms with Crippen LogP contribution in [0.5, 0.6) is 5.75 Å². The first kappa shape index (κ1) is 16.4. The molecule has 3 rings (SSSR count). The van der Waals surface area contributed by atoms with Gasteiger partial charge in [0.05, 0.1) is 10.7 Å². The highest BCUT2D eigenvalue weighted by Crippen LogP contribution is 2.21. The second-order valence-corrected chi connectivity index (χ2v) is 6.16. The molecule has 0 saturated carbocycles. The van der Waals surface area contributed by atoms with Crippen LogP contribution in [0.4, 0.5) is 5.69 Å². The number of hydrogen-bond donors (Lipinski definition) is 1. The fraction of sp³-hybridized carbons (Fsp3) is 0.143. The number of aryl methyl sites for hydroxylation is 1. The zero-order valence-electron chi connectivity index (χ0n) is 13.6. The molecule has 0 heterocycles. The van der Waals surface area contributed by atoms with E-state index < -0.39 is 0 Å². The Bertz CT molecular complexity index is 782. The first-order valence-corrected chi connectivity index (χ1v) is 8.34. The molecular weight excluding hydrogens is 318 g/mol. The van der Waals surface area contributed by atoms with Gasteiger partial charge in [0.2, 0.25) is 0 Å². The summed E-state index contributed by atoms with van der Waals surface area (Å²) >= 11 is 6.14. The van der Waals surface area contributed by atoms with Gasteiger partial charge in [-0.2, -0.15) is 0 Å². The minimum Gasteiger partial charge on any atom is -0.489 e. The van der Waals surface area contributed by atoms with E-state index in [-0.39, 0.29) is 0 Å². The molecule has 0 aliphatic carbocycles. The molecule has 0 fully saturated rings. The van der Waals surface area contributed by atoms with Crippen LogP contribution in [-0.4, -0.2) is 0 Å². The van der Waals surface area contributed by atoms with Crippen molar-refractivity contribution in [2.24, 2.45) is 0 Å². The van der Waals surface area contributed by atoms with E-state index in [1.807, 2.05) is 36.4 Å². The smallest absolute Gasteiger partial charge is 0.119 e.